The molecular weight excluding hydrogens is 288 g/mol. The van der Waals surface area contributed by atoms with Crippen LogP contribution >= 0.6 is 15.9 Å². The summed E-state index contributed by atoms with van der Waals surface area (Å²) in [7, 11) is 0. The number of halogens is 1. The molecule has 0 atom stereocenters. The number of ether oxygens (including phenoxy) is 1. The fourth-order valence-corrected chi connectivity index (χ4v) is 1.70. The van der Waals surface area contributed by atoms with Gasteiger partial charge in [-0.25, -0.2) is 4.79 Å². The van der Waals surface area contributed by atoms with Crippen LogP contribution in [0.4, 0.5) is 0 Å². The fraction of sp³-hybridized carbons (Fsp3) is 0.417. The monoisotopic (exact) mass is 302 g/mol. The van der Waals surface area contributed by atoms with Crippen molar-refractivity contribution in [2.24, 2.45) is 0 Å². The van der Waals surface area contributed by atoms with Crippen LogP contribution in [0.1, 0.15) is 29.6 Å². The number of phenolic OH excluding ortho intramolecular Hbond substituents is 2. The number of carbonyl (C=O) groups excluding carboxylic acids is 1. The van der Waals surface area contributed by atoms with Crippen LogP contribution in [0.15, 0.2) is 18.2 Å². The summed E-state index contributed by atoms with van der Waals surface area (Å²) in [5.41, 5.74) is -0.00880. The van der Waals surface area contributed by atoms with Crippen molar-refractivity contribution in [2.45, 2.75) is 19.3 Å². The summed E-state index contributed by atoms with van der Waals surface area (Å²) in [6.45, 7) is 0.320. The van der Waals surface area contributed by atoms with Crippen LogP contribution in [0.2, 0.25) is 0 Å². The Kier molecular flexibility index (Phi) is 5.83. The van der Waals surface area contributed by atoms with E-state index in [4.69, 9.17) is 4.74 Å². The van der Waals surface area contributed by atoms with Gasteiger partial charge in [0.05, 0.1) is 6.61 Å². The summed E-state index contributed by atoms with van der Waals surface area (Å²) < 4.78 is 4.99. The highest BCUT2D eigenvalue weighted by molar-refractivity contribution is 9.09. The van der Waals surface area contributed by atoms with E-state index in [1.54, 1.807) is 0 Å². The van der Waals surface area contributed by atoms with Crippen molar-refractivity contribution >= 4 is 21.9 Å². The van der Waals surface area contributed by atoms with Gasteiger partial charge in [0.15, 0.2) is 0 Å². The molecule has 0 amide bonds. The molecule has 94 valence electrons. The third-order valence-electron chi connectivity index (χ3n) is 2.21. The number of unbranched alkanes of at least 4 members (excludes halogenated alkanes) is 2. The van der Waals surface area contributed by atoms with Crippen LogP contribution in [-0.4, -0.2) is 28.1 Å². The molecule has 0 fully saturated rings. The minimum Gasteiger partial charge on any atom is -0.508 e. The van der Waals surface area contributed by atoms with E-state index in [1.807, 2.05) is 0 Å². The number of rotatable bonds is 6. The first kappa shape index (κ1) is 13.8. The van der Waals surface area contributed by atoms with Gasteiger partial charge in [0.1, 0.15) is 17.1 Å². The molecule has 0 aromatic heterocycles. The zero-order chi connectivity index (χ0) is 12.7. The van der Waals surface area contributed by atoms with E-state index in [2.05, 4.69) is 15.9 Å². The van der Waals surface area contributed by atoms with Crippen molar-refractivity contribution in [3.63, 3.8) is 0 Å². The van der Waals surface area contributed by atoms with E-state index in [9.17, 15) is 15.0 Å². The predicted molar refractivity (Wildman–Crippen MR) is 67.7 cm³/mol. The van der Waals surface area contributed by atoms with Crippen molar-refractivity contribution in [3.8, 4) is 11.5 Å². The Morgan fingerprint density at radius 3 is 2.71 bits per heavy atom. The van der Waals surface area contributed by atoms with Crippen molar-refractivity contribution in [3.05, 3.63) is 23.8 Å². The maximum atomic E-state index is 11.5. The number of hydrogen-bond donors (Lipinski definition) is 2. The quantitative estimate of drug-likeness (QED) is 0.367. The van der Waals surface area contributed by atoms with Gasteiger partial charge in [-0.1, -0.05) is 15.9 Å². The molecule has 0 bridgehead atoms. The van der Waals surface area contributed by atoms with E-state index >= 15 is 0 Å². The minimum atomic E-state index is -0.614. The SMILES string of the molecule is O=C(OCCCCCBr)c1cc(O)ccc1O. The number of aromatic hydroxyl groups is 2. The third kappa shape index (κ3) is 4.65. The van der Waals surface area contributed by atoms with Crippen LogP contribution in [0.25, 0.3) is 0 Å². The Balaban J connectivity index is 2.44. The maximum absolute atomic E-state index is 11.5. The van der Waals surface area contributed by atoms with Crippen molar-refractivity contribution < 1.29 is 19.7 Å². The number of hydrogen-bond acceptors (Lipinski definition) is 4. The van der Waals surface area contributed by atoms with Crippen molar-refractivity contribution in [2.75, 3.05) is 11.9 Å². The fourth-order valence-electron chi connectivity index (χ4n) is 1.30. The highest BCUT2D eigenvalue weighted by atomic mass is 79.9. The highest BCUT2D eigenvalue weighted by Crippen LogP contribution is 2.22. The topological polar surface area (TPSA) is 66.8 Å². The average molecular weight is 303 g/mol. The van der Waals surface area contributed by atoms with Crippen LogP contribution in [-0.2, 0) is 4.74 Å². The summed E-state index contributed by atoms with van der Waals surface area (Å²) in [6, 6.07) is 3.76. The van der Waals surface area contributed by atoms with Gasteiger partial charge in [-0.3, -0.25) is 0 Å². The number of benzene rings is 1. The average Bonchev–Trinajstić information content (AvgIpc) is 2.32. The molecule has 5 heteroatoms. The Bertz CT molecular complexity index is 379. The van der Waals surface area contributed by atoms with Gasteiger partial charge < -0.3 is 14.9 Å². The molecule has 0 saturated heterocycles. The normalized spacial score (nSPS) is 10.2. The molecule has 0 unspecified atom stereocenters. The minimum absolute atomic E-state index is 0.00880. The summed E-state index contributed by atoms with van der Waals surface area (Å²) in [5, 5.41) is 19.6. The number of carbonyl (C=O) groups is 1. The Morgan fingerprint density at radius 1 is 1.24 bits per heavy atom. The smallest absolute Gasteiger partial charge is 0.342 e. The molecule has 0 aliphatic carbocycles. The van der Waals surface area contributed by atoms with Gasteiger partial charge in [-0.2, -0.15) is 0 Å². The lowest BCUT2D eigenvalue weighted by atomic mass is 10.2. The molecule has 1 aromatic rings. The summed E-state index contributed by atoms with van der Waals surface area (Å²) >= 11 is 3.32. The standard InChI is InChI=1S/C12H15BrO4/c13-6-2-1-3-7-17-12(16)10-8-9(14)4-5-11(10)15/h4-5,8,14-15H,1-3,6-7H2. The van der Waals surface area contributed by atoms with Crippen LogP contribution in [0.5, 0.6) is 11.5 Å². The second-order valence-electron chi connectivity index (χ2n) is 3.59. The van der Waals surface area contributed by atoms with E-state index in [0.717, 1.165) is 24.6 Å². The van der Waals surface area contributed by atoms with E-state index in [0.29, 0.717) is 6.61 Å². The molecule has 0 radical (unpaired) electrons. The first-order valence-electron chi connectivity index (χ1n) is 5.40. The van der Waals surface area contributed by atoms with Gasteiger partial charge >= 0.3 is 5.97 Å². The molecule has 1 rings (SSSR count). The highest BCUT2D eigenvalue weighted by Gasteiger charge is 2.13. The largest absolute Gasteiger partial charge is 0.508 e. The molecule has 17 heavy (non-hydrogen) atoms. The molecule has 2 N–H and O–H groups in total. The zero-order valence-electron chi connectivity index (χ0n) is 9.36. The second kappa shape index (κ2) is 7.17. The second-order valence-corrected chi connectivity index (χ2v) is 4.38. The molecule has 0 aliphatic heterocycles. The first-order valence-corrected chi connectivity index (χ1v) is 6.52. The molecule has 0 aliphatic rings. The number of esters is 1. The lowest BCUT2D eigenvalue weighted by Crippen LogP contribution is -2.06. The maximum Gasteiger partial charge on any atom is 0.342 e. The van der Waals surface area contributed by atoms with Crippen molar-refractivity contribution in [1.82, 2.24) is 0 Å². The van der Waals surface area contributed by atoms with E-state index < -0.39 is 5.97 Å². The number of alkyl halides is 1. The van der Waals surface area contributed by atoms with Gasteiger partial charge in [-0.05, 0) is 37.5 Å². The van der Waals surface area contributed by atoms with Gasteiger partial charge in [0, 0.05) is 5.33 Å². The summed E-state index contributed by atoms with van der Waals surface area (Å²) in [4.78, 5) is 11.5. The Morgan fingerprint density at radius 2 is 2.00 bits per heavy atom. The molecule has 1 aromatic carbocycles. The van der Waals surface area contributed by atoms with Gasteiger partial charge in [0.25, 0.3) is 0 Å². The summed E-state index contributed by atoms with van der Waals surface area (Å²) in [6.07, 6.45) is 2.80. The van der Waals surface area contributed by atoms with Gasteiger partial charge in [-0.15, -0.1) is 0 Å². The Hall–Kier alpha value is -1.23. The molecule has 0 spiro atoms. The molecule has 4 nitrogen and oxygen atoms in total. The van der Waals surface area contributed by atoms with Crippen molar-refractivity contribution in [1.29, 1.82) is 0 Å². The van der Waals surface area contributed by atoms with Crippen LogP contribution in [0.3, 0.4) is 0 Å². The van der Waals surface area contributed by atoms with Crippen LogP contribution in [0, 0.1) is 0 Å². The lowest BCUT2D eigenvalue weighted by molar-refractivity contribution is 0.0494. The van der Waals surface area contributed by atoms with Crippen LogP contribution < -0.4 is 0 Å². The summed E-state index contributed by atoms with van der Waals surface area (Å²) in [5.74, 6) is -0.875. The lowest BCUT2D eigenvalue weighted by Gasteiger charge is -2.06. The van der Waals surface area contributed by atoms with Gasteiger partial charge in [0.2, 0.25) is 0 Å². The molecule has 0 saturated carbocycles. The van der Waals surface area contributed by atoms with E-state index in [-0.39, 0.29) is 17.1 Å². The Labute approximate surface area is 108 Å². The van der Waals surface area contributed by atoms with E-state index in [1.165, 1.54) is 18.2 Å². The zero-order valence-corrected chi connectivity index (χ0v) is 10.9. The number of phenols is 2. The predicted octanol–water partition coefficient (Wildman–Crippen LogP) is 2.82. The molecular formula is C12H15BrO4. The molecule has 0 heterocycles. The third-order valence-corrected chi connectivity index (χ3v) is 2.77. The first-order chi connectivity index (χ1) is 8.15.